The van der Waals surface area contributed by atoms with E-state index in [1.807, 2.05) is 0 Å². The maximum Gasteiger partial charge on any atom is 0.0715 e. The van der Waals surface area contributed by atoms with Gasteiger partial charge in [-0.1, -0.05) is 0 Å². The van der Waals surface area contributed by atoms with Gasteiger partial charge in [0.2, 0.25) is 0 Å². The van der Waals surface area contributed by atoms with Gasteiger partial charge in [-0.25, -0.2) is 0 Å². The van der Waals surface area contributed by atoms with Crippen LogP contribution in [0.1, 0.15) is 20.3 Å². The molecule has 62 valence electrons. The first-order valence-corrected chi connectivity index (χ1v) is 3.65. The molecule has 0 unspecified atom stereocenters. The molecular formula is C7H16ClNO. The van der Waals surface area contributed by atoms with Crippen LogP contribution in [0.15, 0.2) is 0 Å². The molecule has 1 aliphatic rings. The van der Waals surface area contributed by atoms with E-state index in [-0.39, 0.29) is 12.4 Å². The third kappa shape index (κ3) is 3.40. The summed E-state index contributed by atoms with van der Waals surface area (Å²) in [5.41, 5.74) is 0. The van der Waals surface area contributed by atoms with Crippen LogP contribution in [0.25, 0.3) is 0 Å². The standard InChI is InChI=1S/C7H15NO.ClH/c1-6(2)9-7-3-4-8-5-7;/h6-8H,3-5H2,1-2H3;1H/t7-;/m1./s1. The summed E-state index contributed by atoms with van der Waals surface area (Å²) >= 11 is 0. The smallest absolute Gasteiger partial charge is 0.0715 e. The van der Waals surface area contributed by atoms with E-state index < -0.39 is 0 Å². The van der Waals surface area contributed by atoms with E-state index in [1.54, 1.807) is 0 Å². The predicted molar refractivity (Wildman–Crippen MR) is 44.7 cm³/mol. The molecule has 1 aliphatic heterocycles. The van der Waals surface area contributed by atoms with Crippen molar-refractivity contribution in [1.29, 1.82) is 0 Å². The lowest BCUT2D eigenvalue weighted by atomic mass is 10.3. The summed E-state index contributed by atoms with van der Waals surface area (Å²) < 4.78 is 5.55. The first-order chi connectivity index (χ1) is 4.29. The molecule has 1 saturated heterocycles. The van der Waals surface area contributed by atoms with Crippen molar-refractivity contribution in [2.75, 3.05) is 13.1 Å². The van der Waals surface area contributed by atoms with Crippen molar-refractivity contribution in [3.05, 3.63) is 0 Å². The molecule has 2 nitrogen and oxygen atoms in total. The van der Waals surface area contributed by atoms with Crippen molar-refractivity contribution in [1.82, 2.24) is 5.32 Å². The van der Waals surface area contributed by atoms with Crippen molar-refractivity contribution in [2.45, 2.75) is 32.5 Å². The average molecular weight is 166 g/mol. The summed E-state index contributed by atoms with van der Waals surface area (Å²) in [7, 11) is 0. The van der Waals surface area contributed by atoms with Gasteiger partial charge in [-0.05, 0) is 26.8 Å². The minimum absolute atomic E-state index is 0. The van der Waals surface area contributed by atoms with E-state index in [9.17, 15) is 0 Å². The van der Waals surface area contributed by atoms with Gasteiger partial charge in [0.1, 0.15) is 0 Å². The van der Waals surface area contributed by atoms with Crippen molar-refractivity contribution in [2.24, 2.45) is 0 Å². The van der Waals surface area contributed by atoms with Crippen molar-refractivity contribution >= 4 is 12.4 Å². The molecule has 10 heavy (non-hydrogen) atoms. The Bertz CT molecular complexity index is 81.7. The molecule has 0 amide bonds. The summed E-state index contributed by atoms with van der Waals surface area (Å²) in [6.45, 7) is 6.33. The summed E-state index contributed by atoms with van der Waals surface area (Å²) in [5, 5.41) is 3.25. The third-order valence-electron chi connectivity index (χ3n) is 1.48. The fourth-order valence-electron chi connectivity index (χ4n) is 1.13. The lowest BCUT2D eigenvalue weighted by Crippen LogP contribution is -2.20. The maximum atomic E-state index is 5.55. The summed E-state index contributed by atoms with van der Waals surface area (Å²) in [4.78, 5) is 0. The van der Waals surface area contributed by atoms with E-state index in [0.29, 0.717) is 12.2 Å². The number of rotatable bonds is 2. The molecule has 1 N–H and O–H groups in total. The highest BCUT2D eigenvalue weighted by Crippen LogP contribution is 2.05. The Morgan fingerprint density at radius 2 is 2.20 bits per heavy atom. The Kier molecular flexibility index (Phi) is 5.04. The van der Waals surface area contributed by atoms with Crippen LogP contribution in [0.4, 0.5) is 0 Å². The maximum absolute atomic E-state index is 5.55. The normalized spacial score (nSPS) is 24.9. The molecule has 1 atom stereocenters. The van der Waals surface area contributed by atoms with Gasteiger partial charge in [0.05, 0.1) is 12.2 Å². The Morgan fingerprint density at radius 1 is 1.50 bits per heavy atom. The molecule has 0 bridgehead atoms. The molecule has 0 aliphatic carbocycles. The minimum atomic E-state index is 0. The topological polar surface area (TPSA) is 21.3 Å². The minimum Gasteiger partial charge on any atom is -0.374 e. The summed E-state index contributed by atoms with van der Waals surface area (Å²) in [5.74, 6) is 0. The highest BCUT2D eigenvalue weighted by atomic mass is 35.5. The first kappa shape index (κ1) is 10.2. The van der Waals surface area contributed by atoms with Gasteiger partial charge >= 0.3 is 0 Å². The van der Waals surface area contributed by atoms with Crippen LogP contribution < -0.4 is 5.32 Å². The predicted octanol–water partition coefficient (Wildman–Crippen LogP) is 1.20. The Labute approximate surface area is 68.7 Å². The third-order valence-corrected chi connectivity index (χ3v) is 1.48. The Balaban J connectivity index is 0.000000810. The summed E-state index contributed by atoms with van der Waals surface area (Å²) in [6.07, 6.45) is 2.04. The van der Waals surface area contributed by atoms with E-state index >= 15 is 0 Å². The molecule has 1 rings (SSSR count). The molecule has 0 aromatic heterocycles. The average Bonchev–Trinajstić information content (AvgIpc) is 2.15. The highest BCUT2D eigenvalue weighted by molar-refractivity contribution is 5.85. The molecular weight excluding hydrogens is 150 g/mol. The van der Waals surface area contributed by atoms with Gasteiger partial charge < -0.3 is 10.1 Å². The molecule has 0 radical (unpaired) electrons. The van der Waals surface area contributed by atoms with Crippen LogP contribution in [0.3, 0.4) is 0 Å². The number of ether oxygens (including phenoxy) is 1. The Morgan fingerprint density at radius 3 is 2.60 bits per heavy atom. The lowest BCUT2D eigenvalue weighted by Gasteiger charge is -2.12. The largest absolute Gasteiger partial charge is 0.374 e. The van der Waals surface area contributed by atoms with Crippen molar-refractivity contribution < 1.29 is 4.74 Å². The SMILES string of the molecule is CC(C)O[C@@H]1CCNC1.Cl. The number of nitrogens with one attached hydrogen (secondary N) is 1. The lowest BCUT2D eigenvalue weighted by molar-refractivity contribution is 0.0201. The van der Waals surface area contributed by atoms with E-state index in [0.717, 1.165) is 13.1 Å². The van der Waals surface area contributed by atoms with E-state index in [2.05, 4.69) is 19.2 Å². The first-order valence-electron chi connectivity index (χ1n) is 3.65. The number of halogens is 1. The van der Waals surface area contributed by atoms with Crippen LogP contribution in [-0.2, 0) is 4.74 Å². The molecule has 3 heteroatoms. The zero-order valence-corrected chi connectivity index (χ0v) is 7.41. The van der Waals surface area contributed by atoms with Gasteiger partial charge in [0, 0.05) is 6.54 Å². The van der Waals surface area contributed by atoms with Crippen LogP contribution >= 0.6 is 12.4 Å². The molecule has 0 aromatic rings. The quantitative estimate of drug-likeness (QED) is 0.664. The second-order valence-corrected chi connectivity index (χ2v) is 2.80. The monoisotopic (exact) mass is 165 g/mol. The van der Waals surface area contributed by atoms with Crippen LogP contribution in [0, 0.1) is 0 Å². The van der Waals surface area contributed by atoms with Crippen molar-refractivity contribution in [3.63, 3.8) is 0 Å². The second kappa shape index (κ2) is 4.94. The van der Waals surface area contributed by atoms with Crippen molar-refractivity contribution in [3.8, 4) is 0 Å². The zero-order chi connectivity index (χ0) is 6.69. The molecule has 0 saturated carbocycles. The van der Waals surface area contributed by atoms with E-state index in [1.165, 1.54) is 6.42 Å². The fourth-order valence-corrected chi connectivity index (χ4v) is 1.13. The molecule has 0 spiro atoms. The van der Waals surface area contributed by atoms with Gasteiger partial charge in [-0.3, -0.25) is 0 Å². The molecule has 1 heterocycles. The van der Waals surface area contributed by atoms with E-state index in [4.69, 9.17) is 4.74 Å². The number of hydrogen-bond acceptors (Lipinski definition) is 2. The van der Waals surface area contributed by atoms with Crippen LogP contribution in [0.2, 0.25) is 0 Å². The molecule has 0 aromatic carbocycles. The number of hydrogen-bond donors (Lipinski definition) is 1. The van der Waals surface area contributed by atoms with Gasteiger partial charge in [0.25, 0.3) is 0 Å². The van der Waals surface area contributed by atoms with Crippen LogP contribution in [-0.4, -0.2) is 25.3 Å². The fraction of sp³-hybridized carbons (Fsp3) is 1.00. The zero-order valence-electron chi connectivity index (χ0n) is 6.59. The Hall–Kier alpha value is 0.210. The van der Waals surface area contributed by atoms with Gasteiger partial charge in [0.15, 0.2) is 0 Å². The summed E-state index contributed by atoms with van der Waals surface area (Å²) in [6, 6.07) is 0. The van der Waals surface area contributed by atoms with Crippen LogP contribution in [0.5, 0.6) is 0 Å². The molecule has 1 fully saturated rings. The van der Waals surface area contributed by atoms with Gasteiger partial charge in [-0.15, -0.1) is 12.4 Å². The van der Waals surface area contributed by atoms with Gasteiger partial charge in [-0.2, -0.15) is 0 Å². The second-order valence-electron chi connectivity index (χ2n) is 2.80. The highest BCUT2D eigenvalue weighted by Gasteiger charge is 2.15.